The lowest BCUT2D eigenvalue weighted by Gasteiger charge is -2.23. The Morgan fingerprint density at radius 2 is 1.92 bits per heavy atom. The third-order valence-corrected chi connectivity index (χ3v) is 4.92. The first-order valence-corrected chi connectivity index (χ1v) is 9.85. The van der Waals surface area contributed by atoms with Gasteiger partial charge in [0.25, 0.3) is 0 Å². The van der Waals surface area contributed by atoms with E-state index >= 15 is 0 Å². The second-order valence-corrected chi connectivity index (χ2v) is 7.20. The second kappa shape index (κ2) is 10.4. The van der Waals surface area contributed by atoms with Crippen LogP contribution in [0.4, 0.5) is 0 Å². The number of aryl methyl sites for hydroxylation is 1. The van der Waals surface area contributed by atoms with Gasteiger partial charge in [-0.25, -0.2) is 0 Å². The van der Waals surface area contributed by atoms with Crippen LogP contribution in [0.5, 0.6) is 5.75 Å². The molecule has 1 aromatic rings. The van der Waals surface area contributed by atoms with Gasteiger partial charge < -0.3 is 19.7 Å². The van der Waals surface area contributed by atoms with Crippen LogP contribution in [0.3, 0.4) is 0 Å². The van der Waals surface area contributed by atoms with Crippen LogP contribution in [-0.4, -0.2) is 57.4 Å². The number of benzene rings is 1. The van der Waals surface area contributed by atoms with Gasteiger partial charge in [-0.15, -0.1) is 0 Å². The molecule has 0 bridgehead atoms. The molecule has 1 aliphatic carbocycles. The molecule has 0 aliphatic heterocycles. The standard InChI is InChI=1S/C21H35N3O2/c1-5-22-20(23-17-21(11-12-21)13-15-25-6-2)24(4)14-16-26-19-9-7-18(3)8-10-19/h7-10H,5-6,11-17H2,1-4H3,(H,22,23). The van der Waals surface area contributed by atoms with Crippen molar-refractivity contribution in [2.24, 2.45) is 10.4 Å². The van der Waals surface area contributed by atoms with Crippen molar-refractivity contribution in [3.05, 3.63) is 29.8 Å². The van der Waals surface area contributed by atoms with Gasteiger partial charge in [0.1, 0.15) is 12.4 Å². The van der Waals surface area contributed by atoms with Crippen LogP contribution >= 0.6 is 0 Å². The molecule has 26 heavy (non-hydrogen) atoms. The highest BCUT2D eigenvalue weighted by atomic mass is 16.5. The lowest BCUT2D eigenvalue weighted by molar-refractivity contribution is 0.129. The minimum atomic E-state index is 0.370. The molecular weight excluding hydrogens is 326 g/mol. The summed E-state index contributed by atoms with van der Waals surface area (Å²) in [6.45, 7) is 11.1. The molecule has 0 unspecified atom stereocenters. The molecule has 5 heteroatoms. The van der Waals surface area contributed by atoms with E-state index in [1.165, 1.54) is 18.4 Å². The van der Waals surface area contributed by atoms with Crippen molar-refractivity contribution in [3.63, 3.8) is 0 Å². The number of rotatable bonds is 11. The second-order valence-electron chi connectivity index (χ2n) is 7.20. The quantitative estimate of drug-likeness (QED) is 0.372. The van der Waals surface area contributed by atoms with E-state index in [9.17, 15) is 0 Å². The molecule has 0 aromatic heterocycles. The van der Waals surface area contributed by atoms with Crippen molar-refractivity contribution >= 4 is 5.96 Å². The average molecular weight is 362 g/mol. The van der Waals surface area contributed by atoms with Crippen molar-refractivity contribution in [1.82, 2.24) is 10.2 Å². The van der Waals surface area contributed by atoms with Crippen molar-refractivity contribution < 1.29 is 9.47 Å². The lowest BCUT2D eigenvalue weighted by atomic mass is 10.0. The first-order valence-electron chi connectivity index (χ1n) is 9.85. The molecule has 0 amide bonds. The fraction of sp³-hybridized carbons (Fsp3) is 0.667. The van der Waals surface area contributed by atoms with E-state index in [4.69, 9.17) is 14.5 Å². The maximum atomic E-state index is 5.84. The summed E-state index contributed by atoms with van der Waals surface area (Å²) in [6.07, 6.45) is 3.65. The summed E-state index contributed by atoms with van der Waals surface area (Å²) < 4.78 is 11.4. The molecule has 1 saturated carbocycles. The summed E-state index contributed by atoms with van der Waals surface area (Å²) in [4.78, 5) is 7.03. The number of hydrogen-bond acceptors (Lipinski definition) is 3. The van der Waals surface area contributed by atoms with Crippen LogP contribution in [0, 0.1) is 12.3 Å². The van der Waals surface area contributed by atoms with E-state index in [2.05, 4.69) is 50.2 Å². The van der Waals surface area contributed by atoms with Crippen LogP contribution in [0.2, 0.25) is 0 Å². The third-order valence-electron chi connectivity index (χ3n) is 4.92. The molecule has 0 spiro atoms. The van der Waals surface area contributed by atoms with Gasteiger partial charge in [-0.3, -0.25) is 4.99 Å². The highest BCUT2D eigenvalue weighted by Gasteiger charge is 2.42. The van der Waals surface area contributed by atoms with Crippen LogP contribution in [0.25, 0.3) is 0 Å². The SMILES string of the molecule is CCNC(=NCC1(CCOCC)CC1)N(C)CCOc1ccc(C)cc1. The first kappa shape index (κ1) is 20.6. The molecule has 1 N–H and O–H groups in total. The number of ether oxygens (including phenoxy) is 2. The van der Waals surface area contributed by atoms with Crippen molar-refractivity contribution in [3.8, 4) is 5.75 Å². The van der Waals surface area contributed by atoms with Gasteiger partial charge in [0, 0.05) is 33.4 Å². The number of likely N-dealkylation sites (N-methyl/N-ethyl adjacent to an activating group) is 1. The fourth-order valence-electron chi connectivity index (χ4n) is 2.85. The van der Waals surface area contributed by atoms with Gasteiger partial charge in [0.15, 0.2) is 5.96 Å². The van der Waals surface area contributed by atoms with Gasteiger partial charge in [0.05, 0.1) is 6.54 Å². The van der Waals surface area contributed by atoms with Crippen LogP contribution in [0.15, 0.2) is 29.3 Å². The monoisotopic (exact) mass is 361 g/mol. The van der Waals surface area contributed by atoms with E-state index in [1.807, 2.05) is 12.1 Å². The molecule has 2 rings (SSSR count). The summed E-state index contributed by atoms with van der Waals surface area (Å²) >= 11 is 0. The van der Waals surface area contributed by atoms with Crippen LogP contribution in [-0.2, 0) is 4.74 Å². The summed E-state index contributed by atoms with van der Waals surface area (Å²) in [5, 5.41) is 3.40. The molecule has 0 atom stereocenters. The molecule has 1 aromatic carbocycles. The Labute approximate surface area is 158 Å². The molecule has 146 valence electrons. The number of aliphatic imine (C=N–C) groups is 1. The van der Waals surface area contributed by atoms with Crippen LogP contribution < -0.4 is 10.1 Å². The van der Waals surface area contributed by atoms with Crippen molar-refractivity contribution in [2.45, 2.75) is 40.0 Å². The molecule has 1 aliphatic rings. The normalized spacial score (nSPS) is 15.6. The van der Waals surface area contributed by atoms with Gasteiger partial charge in [0.2, 0.25) is 0 Å². The number of guanidine groups is 1. The van der Waals surface area contributed by atoms with Crippen molar-refractivity contribution in [1.29, 1.82) is 0 Å². The summed E-state index contributed by atoms with van der Waals surface area (Å²) in [5.41, 5.74) is 1.61. The molecule has 0 saturated heterocycles. The number of hydrogen-bond donors (Lipinski definition) is 1. The van der Waals surface area contributed by atoms with Crippen LogP contribution in [0.1, 0.15) is 38.7 Å². The minimum absolute atomic E-state index is 0.370. The number of nitrogens with zero attached hydrogens (tertiary/aromatic N) is 2. The maximum Gasteiger partial charge on any atom is 0.193 e. The van der Waals surface area contributed by atoms with E-state index in [-0.39, 0.29) is 0 Å². The zero-order valence-corrected chi connectivity index (χ0v) is 16.9. The zero-order valence-electron chi connectivity index (χ0n) is 16.9. The summed E-state index contributed by atoms with van der Waals surface area (Å²) in [5.74, 6) is 1.88. The van der Waals surface area contributed by atoms with Gasteiger partial charge in [-0.2, -0.15) is 0 Å². The highest BCUT2D eigenvalue weighted by molar-refractivity contribution is 5.79. The predicted octanol–water partition coefficient (Wildman–Crippen LogP) is 3.48. The Morgan fingerprint density at radius 3 is 2.54 bits per heavy atom. The predicted molar refractivity (Wildman–Crippen MR) is 108 cm³/mol. The van der Waals surface area contributed by atoms with Gasteiger partial charge >= 0.3 is 0 Å². The Balaban J connectivity index is 1.80. The summed E-state index contributed by atoms with van der Waals surface area (Å²) in [7, 11) is 2.07. The van der Waals surface area contributed by atoms with Crippen molar-refractivity contribution in [2.75, 3.05) is 46.5 Å². The Morgan fingerprint density at radius 1 is 1.19 bits per heavy atom. The minimum Gasteiger partial charge on any atom is -0.492 e. The molecular formula is C21H35N3O2. The maximum absolute atomic E-state index is 5.84. The van der Waals surface area contributed by atoms with Gasteiger partial charge in [-0.1, -0.05) is 17.7 Å². The molecule has 1 fully saturated rings. The topological polar surface area (TPSA) is 46.1 Å². The van der Waals surface area contributed by atoms with E-state index in [0.717, 1.165) is 51.0 Å². The first-order chi connectivity index (χ1) is 12.6. The largest absolute Gasteiger partial charge is 0.492 e. The molecule has 0 heterocycles. The Bertz CT molecular complexity index is 553. The molecule has 5 nitrogen and oxygen atoms in total. The lowest BCUT2D eigenvalue weighted by Crippen LogP contribution is -2.41. The Hall–Kier alpha value is -1.75. The van der Waals surface area contributed by atoms with Gasteiger partial charge in [-0.05, 0) is 57.6 Å². The van der Waals surface area contributed by atoms with E-state index < -0.39 is 0 Å². The zero-order chi connectivity index (χ0) is 18.8. The highest BCUT2D eigenvalue weighted by Crippen LogP contribution is 2.49. The number of nitrogens with one attached hydrogen (secondary N) is 1. The fourth-order valence-corrected chi connectivity index (χ4v) is 2.85. The Kier molecular flexibility index (Phi) is 8.23. The summed E-state index contributed by atoms with van der Waals surface area (Å²) in [6, 6.07) is 8.18. The third kappa shape index (κ3) is 6.87. The smallest absolute Gasteiger partial charge is 0.193 e. The average Bonchev–Trinajstić information content (AvgIpc) is 3.40. The molecule has 0 radical (unpaired) electrons. The van der Waals surface area contributed by atoms with E-state index in [1.54, 1.807) is 0 Å². The van der Waals surface area contributed by atoms with E-state index in [0.29, 0.717) is 12.0 Å².